The number of allylic oxidation sites excluding steroid dienone is 4. The average molecular weight is 548 g/mol. The maximum Gasteiger partial charge on any atom is -1.00 e. The van der Waals surface area contributed by atoms with Crippen LogP contribution in [0, 0.1) is 27.7 Å². The van der Waals surface area contributed by atoms with Gasteiger partial charge in [-0.05, 0) is 0 Å². The van der Waals surface area contributed by atoms with Crippen LogP contribution in [0.15, 0.2) is 81.4 Å². The quantitative estimate of drug-likeness (QED) is 0.298. The van der Waals surface area contributed by atoms with E-state index < -0.39 is 8.80 Å². The van der Waals surface area contributed by atoms with Crippen LogP contribution >= 0.6 is 0 Å². The Hall–Kier alpha value is -1.06. The molecule has 0 aromatic heterocycles. The first-order valence-corrected chi connectivity index (χ1v) is 13.2. The van der Waals surface area contributed by atoms with E-state index in [0.29, 0.717) is 0 Å². The molecule has 0 atom stereocenters. The van der Waals surface area contributed by atoms with E-state index in [1.54, 1.807) is 15.6 Å². The van der Waals surface area contributed by atoms with Gasteiger partial charge in [-0.15, -0.1) is 0 Å². The second-order valence-electron chi connectivity index (χ2n) is 8.87. The Kier molecular flexibility index (Phi) is 11.4. The smallest absolute Gasteiger partial charge is 1.00 e. The SMILES string of the molecule is CC1=[C]([Ti+3])C(c2ccccc2)=C([SiH](c2cc(C)cc(C)c2)c2cc(C)cc(C)c2)C1.[Cl-].[Cl-].[Cl-]. The predicted molar refractivity (Wildman–Crippen MR) is 129 cm³/mol. The molecule has 0 radical (unpaired) electrons. The minimum absolute atomic E-state index is 0. The summed E-state index contributed by atoms with van der Waals surface area (Å²) in [6.45, 7) is 11.3. The first-order valence-electron chi connectivity index (χ1n) is 10.7. The van der Waals surface area contributed by atoms with E-state index in [1.165, 1.54) is 42.8 Å². The van der Waals surface area contributed by atoms with Crippen LogP contribution in [0.3, 0.4) is 0 Å². The van der Waals surface area contributed by atoms with Gasteiger partial charge in [-0.3, -0.25) is 0 Å². The number of aryl methyl sites for hydroxylation is 4. The second kappa shape index (κ2) is 12.6. The third-order valence-electron chi connectivity index (χ3n) is 6.02. The first kappa shape index (κ1) is 30.0. The molecule has 5 heteroatoms. The standard InChI is InChI=1S/C28H29Si.3ClH.Ti/c1-19-11-20(2)14-25(13-19)29(26-15-21(3)12-22(4)16-26)28-18-23(5)17-27(28)24-9-7-6-8-10-24;;;;/h6-16,29H,18H2,1-5H3;3*1H;/q;;;;+3/p-3. The van der Waals surface area contributed by atoms with Gasteiger partial charge in [-0.25, -0.2) is 0 Å². The van der Waals surface area contributed by atoms with E-state index in [4.69, 9.17) is 0 Å². The van der Waals surface area contributed by atoms with Gasteiger partial charge in [0.1, 0.15) is 0 Å². The van der Waals surface area contributed by atoms with E-state index >= 15 is 0 Å². The van der Waals surface area contributed by atoms with Crippen molar-refractivity contribution in [2.45, 2.75) is 41.0 Å². The van der Waals surface area contributed by atoms with Gasteiger partial charge in [0, 0.05) is 0 Å². The number of hydrogen-bond acceptors (Lipinski definition) is 0. The molecule has 0 amide bonds. The maximum atomic E-state index is 2.44. The van der Waals surface area contributed by atoms with Crippen LogP contribution < -0.4 is 47.6 Å². The number of halogens is 3. The minimum atomic E-state index is -1.58. The summed E-state index contributed by atoms with van der Waals surface area (Å²) in [5.74, 6) is 0. The van der Waals surface area contributed by atoms with Crippen LogP contribution in [0.5, 0.6) is 0 Å². The van der Waals surface area contributed by atoms with Gasteiger partial charge < -0.3 is 37.2 Å². The van der Waals surface area contributed by atoms with Crippen molar-refractivity contribution in [1.29, 1.82) is 0 Å². The summed E-state index contributed by atoms with van der Waals surface area (Å²) in [7, 11) is -1.58. The third kappa shape index (κ3) is 6.54. The summed E-state index contributed by atoms with van der Waals surface area (Å²) < 4.78 is 1.47. The van der Waals surface area contributed by atoms with Crippen LogP contribution in [0.2, 0.25) is 0 Å². The summed E-state index contributed by atoms with van der Waals surface area (Å²) in [5, 5.41) is 4.76. The minimum Gasteiger partial charge on any atom is -1.00 e. The van der Waals surface area contributed by atoms with E-state index in [1.807, 2.05) is 0 Å². The molecule has 0 saturated heterocycles. The zero-order valence-electron chi connectivity index (χ0n) is 19.8. The molecule has 1 aliphatic rings. The van der Waals surface area contributed by atoms with E-state index in [2.05, 4.69) is 122 Å². The fourth-order valence-electron chi connectivity index (χ4n) is 4.97. The van der Waals surface area contributed by atoms with Crippen LogP contribution in [-0.4, -0.2) is 8.80 Å². The zero-order chi connectivity index (χ0) is 21.4. The molecule has 0 spiro atoms. The van der Waals surface area contributed by atoms with Gasteiger partial charge in [0.05, 0.1) is 0 Å². The van der Waals surface area contributed by atoms with Crippen molar-refractivity contribution >= 4 is 24.7 Å². The number of benzene rings is 3. The van der Waals surface area contributed by atoms with Crippen molar-refractivity contribution in [3.8, 4) is 0 Å². The molecule has 4 rings (SSSR count). The predicted octanol–water partition coefficient (Wildman–Crippen LogP) is -3.51. The van der Waals surface area contributed by atoms with Crippen LogP contribution in [0.25, 0.3) is 5.57 Å². The van der Waals surface area contributed by atoms with E-state index in [0.717, 1.165) is 6.42 Å². The Balaban J connectivity index is 0.00000181. The molecule has 0 N–H and O–H groups in total. The van der Waals surface area contributed by atoms with Crippen molar-refractivity contribution < 1.29 is 57.7 Å². The van der Waals surface area contributed by atoms with Crippen molar-refractivity contribution in [3.63, 3.8) is 0 Å². The largest absolute Gasteiger partial charge is 1.00 e. The molecular weight excluding hydrogens is 519 g/mol. The molecule has 0 bridgehead atoms. The molecule has 3 aromatic carbocycles. The molecule has 1 aliphatic carbocycles. The van der Waals surface area contributed by atoms with Gasteiger partial charge in [-0.2, -0.15) is 0 Å². The number of hydrogen-bond donors (Lipinski definition) is 0. The molecule has 0 aliphatic heterocycles. The Labute approximate surface area is 231 Å². The van der Waals surface area contributed by atoms with Gasteiger partial charge in [0.15, 0.2) is 0 Å². The van der Waals surface area contributed by atoms with Crippen LogP contribution in [-0.2, 0) is 20.4 Å². The van der Waals surface area contributed by atoms with E-state index in [9.17, 15) is 0 Å². The van der Waals surface area contributed by atoms with Crippen molar-refractivity contribution in [2.75, 3.05) is 0 Å². The Morgan fingerprint density at radius 2 is 1.06 bits per heavy atom. The van der Waals surface area contributed by atoms with Crippen molar-refractivity contribution in [2.24, 2.45) is 0 Å². The first-order chi connectivity index (χ1) is 14.3. The number of rotatable bonds is 4. The molecule has 170 valence electrons. The fourth-order valence-corrected chi connectivity index (χ4v) is 9.82. The van der Waals surface area contributed by atoms with Gasteiger partial charge in [-0.1, -0.05) is 0 Å². The average Bonchev–Trinajstić information content (AvgIpc) is 2.95. The van der Waals surface area contributed by atoms with E-state index in [-0.39, 0.29) is 37.2 Å². The summed E-state index contributed by atoms with van der Waals surface area (Å²) in [5.41, 5.74) is 9.87. The molecule has 0 fully saturated rings. The molecule has 0 saturated carbocycles. The zero-order valence-corrected chi connectivity index (χ0v) is 24.8. The summed E-state index contributed by atoms with van der Waals surface area (Å²) in [4.78, 5) is 0. The molecule has 0 unspecified atom stereocenters. The summed E-state index contributed by atoms with van der Waals surface area (Å²) in [6, 6.07) is 25.4. The molecule has 33 heavy (non-hydrogen) atoms. The Morgan fingerprint density at radius 3 is 1.48 bits per heavy atom. The summed E-state index contributed by atoms with van der Waals surface area (Å²) in [6.07, 6.45) is 1.10. The molecule has 0 heterocycles. The molecule has 0 nitrogen and oxygen atoms in total. The fraction of sp³-hybridized carbons (Fsp3) is 0.214. The molecular formula is C28H29Cl3SiTi. The van der Waals surface area contributed by atoms with Crippen molar-refractivity contribution in [3.05, 3.63) is 109 Å². The van der Waals surface area contributed by atoms with Gasteiger partial charge in [0.2, 0.25) is 0 Å². The normalized spacial score (nSPS) is 13.0. The van der Waals surface area contributed by atoms with Crippen LogP contribution in [0.1, 0.15) is 41.2 Å². The summed E-state index contributed by atoms with van der Waals surface area (Å²) >= 11 is 2.32. The molecule has 3 aromatic rings. The Morgan fingerprint density at radius 1 is 0.636 bits per heavy atom. The Bertz CT molecular complexity index is 1090. The van der Waals surface area contributed by atoms with Crippen molar-refractivity contribution in [1.82, 2.24) is 0 Å². The third-order valence-corrected chi connectivity index (χ3v) is 10.3. The topological polar surface area (TPSA) is 0 Å². The van der Waals surface area contributed by atoms with Gasteiger partial charge >= 0.3 is 195 Å². The second-order valence-corrected chi connectivity index (χ2v) is 12.6. The van der Waals surface area contributed by atoms with Gasteiger partial charge in [0.25, 0.3) is 0 Å². The maximum absolute atomic E-state index is 2.44. The monoisotopic (exact) mass is 546 g/mol. The van der Waals surface area contributed by atoms with Crippen LogP contribution in [0.4, 0.5) is 0 Å².